The van der Waals surface area contributed by atoms with Crippen LogP contribution in [0, 0.1) is 0 Å². The molecule has 1 aliphatic rings. The van der Waals surface area contributed by atoms with Crippen LogP contribution in [0.2, 0.25) is 0 Å². The van der Waals surface area contributed by atoms with E-state index < -0.39 is 0 Å². The number of carbonyl (C=O) groups is 1. The van der Waals surface area contributed by atoms with E-state index >= 15 is 0 Å². The minimum absolute atomic E-state index is 0.174. The van der Waals surface area contributed by atoms with Crippen LogP contribution in [0.25, 0.3) is 0 Å². The summed E-state index contributed by atoms with van der Waals surface area (Å²) in [6.45, 7) is 0. The molecule has 1 aliphatic carbocycles. The molecule has 0 atom stereocenters. The minimum Gasteiger partial charge on any atom is -0.302 e. The molecule has 0 saturated heterocycles. The zero-order valence-electron chi connectivity index (χ0n) is 6.89. The third kappa shape index (κ3) is 1.72. The summed E-state index contributed by atoms with van der Waals surface area (Å²) >= 11 is 6.83. The summed E-state index contributed by atoms with van der Waals surface area (Å²) in [7, 11) is 0. The second-order valence-electron chi connectivity index (χ2n) is 3.43. The average Bonchev–Trinajstić information content (AvgIpc) is 2.82. The molecule has 1 fully saturated rings. The third-order valence-corrected chi connectivity index (χ3v) is 3.37. The van der Waals surface area contributed by atoms with Crippen LogP contribution in [0.3, 0.4) is 0 Å². The lowest BCUT2D eigenvalue weighted by Crippen LogP contribution is -2.07. The highest BCUT2D eigenvalue weighted by atomic mass is 79.9. The Labute approximate surface area is 93.8 Å². The molecule has 0 aliphatic heterocycles. The van der Waals surface area contributed by atoms with Gasteiger partial charge in [0.05, 0.1) is 5.41 Å². The van der Waals surface area contributed by atoms with Gasteiger partial charge in [-0.2, -0.15) is 0 Å². The summed E-state index contributed by atoms with van der Waals surface area (Å²) in [6.07, 6.45) is 3.04. The van der Waals surface area contributed by atoms with E-state index in [1.165, 1.54) is 0 Å². The summed E-state index contributed by atoms with van der Waals surface area (Å²) in [5.74, 6) is 0. The Balaban J connectivity index is 2.46. The fourth-order valence-corrected chi connectivity index (χ4v) is 2.74. The van der Waals surface area contributed by atoms with Crippen molar-refractivity contribution in [3.63, 3.8) is 0 Å². The van der Waals surface area contributed by atoms with Gasteiger partial charge < -0.3 is 4.79 Å². The van der Waals surface area contributed by atoms with Crippen LogP contribution in [-0.4, -0.2) is 6.29 Å². The van der Waals surface area contributed by atoms with Crippen molar-refractivity contribution in [1.29, 1.82) is 0 Å². The molecule has 2 rings (SSSR count). The van der Waals surface area contributed by atoms with Crippen molar-refractivity contribution in [3.05, 3.63) is 32.7 Å². The molecule has 1 aromatic rings. The third-order valence-electron chi connectivity index (χ3n) is 2.45. The summed E-state index contributed by atoms with van der Waals surface area (Å²) in [6, 6.07) is 6.02. The smallest absolute Gasteiger partial charge is 0.130 e. The standard InChI is InChI=1S/C10H8Br2O/c11-8-3-7(4-9(12)5-8)10(6-13)1-2-10/h3-6H,1-2H2. The van der Waals surface area contributed by atoms with Crippen molar-refractivity contribution < 1.29 is 4.79 Å². The fourth-order valence-electron chi connectivity index (χ4n) is 1.45. The quantitative estimate of drug-likeness (QED) is 0.765. The Morgan fingerprint density at radius 1 is 1.15 bits per heavy atom. The predicted molar refractivity (Wildman–Crippen MR) is 58.8 cm³/mol. The van der Waals surface area contributed by atoms with E-state index in [1.807, 2.05) is 18.2 Å². The molecule has 0 spiro atoms. The van der Waals surface area contributed by atoms with Gasteiger partial charge in [0.1, 0.15) is 6.29 Å². The first kappa shape index (κ1) is 9.41. The number of hydrogen-bond donors (Lipinski definition) is 0. The second kappa shape index (κ2) is 3.21. The van der Waals surface area contributed by atoms with Gasteiger partial charge in [-0.25, -0.2) is 0 Å². The monoisotopic (exact) mass is 302 g/mol. The van der Waals surface area contributed by atoms with Gasteiger partial charge in [0.25, 0.3) is 0 Å². The van der Waals surface area contributed by atoms with Crippen LogP contribution in [0.1, 0.15) is 18.4 Å². The van der Waals surface area contributed by atoms with Gasteiger partial charge in [-0.05, 0) is 36.6 Å². The number of hydrogen-bond acceptors (Lipinski definition) is 1. The molecule has 68 valence electrons. The zero-order chi connectivity index (χ0) is 9.47. The SMILES string of the molecule is O=CC1(c2cc(Br)cc(Br)c2)CC1. The van der Waals surface area contributed by atoms with Crippen molar-refractivity contribution in [2.24, 2.45) is 0 Å². The number of aldehydes is 1. The predicted octanol–water partition coefficient (Wildman–Crippen LogP) is 3.44. The number of carbonyl (C=O) groups excluding carboxylic acids is 1. The first-order valence-corrected chi connectivity index (χ1v) is 5.68. The molecule has 0 unspecified atom stereocenters. The van der Waals surface area contributed by atoms with Gasteiger partial charge in [0.15, 0.2) is 0 Å². The van der Waals surface area contributed by atoms with Gasteiger partial charge in [-0.1, -0.05) is 31.9 Å². The summed E-state index contributed by atoms with van der Waals surface area (Å²) < 4.78 is 2.04. The second-order valence-corrected chi connectivity index (χ2v) is 5.26. The van der Waals surface area contributed by atoms with Crippen LogP contribution >= 0.6 is 31.9 Å². The molecule has 1 saturated carbocycles. The number of benzene rings is 1. The van der Waals surface area contributed by atoms with Crippen LogP contribution in [0.5, 0.6) is 0 Å². The molecule has 0 bridgehead atoms. The van der Waals surface area contributed by atoms with Gasteiger partial charge in [-0.3, -0.25) is 0 Å². The number of rotatable bonds is 2. The molecule has 3 heteroatoms. The Morgan fingerprint density at radius 2 is 1.69 bits per heavy atom. The highest BCUT2D eigenvalue weighted by molar-refractivity contribution is 9.11. The van der Waals surface area contributed by atoms with E-state index in [9.17, 15) is 4.79 Å². The van der Waals surface area contributed by atoms with E-state index in [0.29, 0.717) is 0 Å². The topological polar surface area (TPSA) is 17.1 Å². The Morgan fingerprint density at radius 3 is 2.08 bits per heavy atom. The average molecular weight is 304 g/mol. The normalized spacial score (nSPS) is 18.3. The molecular weight excluding hydrogens is 296 g/mol. The Bertz CT molecular complexity index is 336. The van der Waals surface area contributed by atoms with Crippen molar-refractivity contribution in [2.75, 3.05) is 0 Å². The maximum atomic E-state index is 10.9. The molecular formula is C10H8Br2O. The van der Waals surface area contributed by atoms with Crippen molar-refractivity contribution in [1.82, 2.24) is 0 Å². The first-order valence-electron chi connectivity index (χ1n) is 4.09. The van der Waals surface area contributed by atoms with E-state index in [0.717, 1.165) is 33.6 Å². The van der Waals surface area contributed by atoms with Crippen LogP contribution < -0.4 is 0 Å². The fraction of sp³-hybridized carbons (Fsp3) is 0.300. The molecule has 0 aromatic heterocycles. The molecule has 0 heterocycles. The van der Waals surface area contributed by atoms with Crippen LogP contribution in [0.4, 0.5) is 0 Å². The minimum atomic E-state index is -0.174. The van der Waals surface area contributed by atoms with Gasteiger partial charge in [0, 0.05) is 8.95 Å². The lowest BCUT2D eigenvalue weighted by molar-refractivity contribution is -0.109. The van der Waals surface area contributed by atoms with E-state index in [4.69, 9.17) is 0 Å². The van der Waals surface area contributed by atoms with Gasteiger partial charge in [0.2, 0.25) is 0 Å². The van der Waals surface area contributed by atoms with Crippen LogP contribution in [0.15, 0.2) is 27.1 Å². The largest absolute Gasteiger partial charge is 0.302 e. The van der Waals surface area contributed by atoms with Crippen molar-refractivity contribution >= 4 is 38.1 Å². The Hall–Kier alpha value is -0.150. The Kier molecular flexibility index (Phi) is 2.32. The number of halogens is 2. The van der Waals surface area contributed by atoms with E-state index in [-0.39, 0.29) is 5.41 Å². The van der Waals surface area contributed by atoms with Crippen molar-refractivity contribution in [2.45, 2.75) is 18.3 Å². The zero-order valence-corrected chi connectivity index (χ0v) is 10.1. The maximum Gasteiger partial charge on any atom is 0.130 e. The van der Waals surface area contributed by atoms with Gasteiger partial charge in [-0.15, -0.1) is 0 Å². The molecule has 1 aromatic carbocycles. The molecule has 1 nitrogen and oxygen atoms in total. The highest BCUT2D eigenvalue weighted by Crippen LogP contribution is 2.47. The lowest BCUT2D eigenvalue weighted by atomic mass is 9.98. The van der Waals surface area contributed by atoms with Gasteiger partial charge >= 0.3 is 0 Å². The maximum absolute atomic E-state index is 10.9. The highest BCUT2D eigenvalue weighted by Gasteiger charge is 2.44. The molecule has 0 radical (unpaired) electrons. The molecule has 13 heavy (non-hydrogen) atoms. The summed E-state index contributed by atoms with van der Waals surface area (Å²) in [5.41, 5.74) is 0.940. The summed E-state index contributed by atoms with van der Waals surface area (Å²) in [5, 5.41) is 0. The lowest BCUT2D eigenvalue weighted by Gasteiger charge is -2.08. The van der Waals surface area contributed by atoms with E-state index in [1.54, 1.807) is 0 Å². The molecule has 0 amide bonds. The summed E-state index contributed by atoms with van der Waals surface area (Å²) in [4.78, 5) is 10.9. The van der Waals surface area contributed by atoms with Crippen LogP contribution in [-0.2, 0) is 10.2 Å². The van der Waals surface area contributed by atoms with Crippen molar-refractivity contribution in [3.8, 4) is 0 Å². The molecule has 0 N–H and O–H groups in total. The first-order chi connectivity index (χ1) is 6.16. The van der Waals surface area contributed by atoms with E-state index in [2.05, 4.69) is 31.9 Å².